The van der Waals surface area contributed by atoms with Crippen LogP contribution in [0, 0.1) is 17.1 Å². The third-order valence-corrected chi connectivity index (χ3v) is 3.54. The largest absolute Gasteiger partial charge is 0.256 e. The predicted molar refractivity (Wildman–Crippen MR) is 92.6 cm³/mol. The first-order valence-corrected chi connectivity index (χ1v) is 7.66. The van der Waals surface area contributed by atoms with E-state index in [4.69, 9.17) is 5.26 Å². The van der Waals surface area contributed by atoms with Gasteiger partial charge in [0, 0.05) is 12.3 Å². The molecule has 3 heteroatoms. The number of nitriles is 1. The van der Waals surface area contributed by atoms with Crippen molar-refractivity contribution in [1.82, 2.24) is 0 Å². The highest BCUT2D eigenvalue weighted by Gasteiger charge is 2.01. The van der Waals surface area contributed by atoms with Crippen LogP contribution in [0.5, 0.6) is 0 Å². The molecule has 116 valence electrons. The maximum atomic E-state index is 13.5. The molecule has 0 saturated heterocycles. The number of halogens is 1. The van der Waals surface area contributed by atoms with Gasteiger partial charge in [-0.3, -0.25) is 4.99 Å². The Kier molecular flexibility index (Phi) is 6.26. The van der Waals surface area contributed by atoms with Crippen molar-refractivity contribution in [2.24, 2.45) is 4.99 Å². The van der Waals surface area contributed by atoms with Crippen LogP contribution in [0.15, 0.2) is 60.1 Å². The van der Waals surface area contributed by atoms with E-state index >= 15 is 0 Å². The van der Waals surface area contributed by atoms with Crippen LogP contribution in [-0.2, 0) is 6.42 Å². The third kappa shape index (κ3) is 5.19. The minimum Gasteiger partial charge on any atom is -0.256 e. The molecule has 0 aliphatic rings. The van der Waals surface area contributed by atoms with Crippen LogP contribution in [-0.4, -0.2) is 6.21 Å². The van der Waals surface area contributed by atoms with Gasteiger partial charge in [0.2, 0.25) is 0 Å². The van der Waals surface area contributed by atoms with E-state index in [9.17, 15) is 4.39 Å². The lowest BCUT2D eigenvalue weighted by molar-refractivity contribution is 0.624. The number of benzene rings is 2. The molecular weight excluding hydrogens is 287 g/mol. The van der Waals surface area contributed by atoms with Gasteiger partial charge in [-0.05, 0) is 48.9 Å². The van der Waals surface area contributed by atoms with E-state index in [1.165, 1.54) is 17.7 Å². The third-order valence-electron chi connectivity index (χ3n) is 3.54. The molecule has 0 spiro atoms. The summed E-state index contributed by atoms with van der Waals surface area (Å²) in [5.41, 5.74) is 2.79. The van der Waals surface area contributed by atoms with Crippen LogP contribution in [0.3, 0.4) is 0 Å². The van der Waals surface area contributed by atoms with Crippen molar-refractivity contribution in [2.45, 2.75) is 25.7 Å². The monoisotopic (exact) mass is 306 g/mol. The maximum Gasteiger partial charge on any atom is 0.143 e. The Morgan fingerprint density at radius 3 is 2.57 bits per heavy atom. The fourth-order valence-electron chi connectivity index (χ4n) is 2.21. The molecule has 0 N–H and O–H groups in total. The first-order chi connectivity index (χ1) is 11.2. The van der Waals surface area contributed by atoms with Crippen molar-refractivity contribution in [2.75, 3.05) is 0 Å². The number of hydrogen-bond donors (Lipinski definition) is 0. The molecular formula is C20H19FN2. The summed E-state index contributed by atoms with van der Waals surface area (Å²) in [4.78, 5) is 4.24. The van der Waals surface area contributed by atoms with E-state index in [1.807, 2.05) is 18.2 Å². The quantitative estimate of drug-likeness (QED) is 0.386. The number of allylic oxidation sites excluding steroid dienone is 1. The minimum absolute atomic E-state index is 0.0322. The Bertz CT molecular complexity index is 724. The fraction of sp³-hybridized carbons (Fsp3) is 0.200. The Morgan fingerprint density at radius 1 is 1.13 bits per heavy atom. The lowest BCUT2D eigenvalue weighted by atomic mass is 10.1. The minimum atomic E-state index is -0.544. The molecule has 2 nitrogen and oxygen atoms in total. The zero-order valence-electron chi connectivity index (χ0n) is 13.0. The van der Waals surface area contributed by atoms with E-state index in [-0.39, 0.29) is 5.56 Å². The topological polar surface area (TPSA) is 36.1 Å². The number of rotatable bonds is 7. The van der Waals surface area contributed by atoms with Crippen molar-refractivity contribution >= 4 is 11.9 Å². The van der Waals surface area contributed by atoms with Crippen LogP contribution in [0.2, 0.25) is 0 Å². The molecule has 0 amide bonds. The second kappa shape index (κ2) is 8.65. The average molecular weight is 306 g/mol. The first-order valence-electron chi connectivity index (χ1n) is 7.66. The summed E-state index contributed by atoms with van der Waals surface area (Å²) in [6.07, 6.45) is 8.09. The maximum absolute atomic E-state index is 13.5. The van der Waals surface area contributed by atoms with E-state index in [2.05, 4.69) is 23.7 Å². The Hall–Kier alpha value is -2.73. The van der Waals surface area contributed by atoms with Gasteiger partial charge in [-0.2, -0.15) is 5.26 Å². The predicted octanol–water partition coefficient (Wildman–Crippen LogP) is 5.35. The smallest absolute Gasteiger partial charge is 0.143 e. The first kappa shape index (κ1) is 16.6. The second-order valence-corrected chi connectivity index (χ2v) is 5.31. The molecule has 0 bridgehead atoms. The summed E-state index contributed by atoms with van der Waals surface area (Å²) in [5.74, 6) is -0.544. The van der Waals surface area contributed by atoms with Crippen LogP contribution < -0.4 is 0 Å². The summed E-state index contributed by atoms with van der Waals surface area (Å²) in [6.45, 7) is 3.72. The SMILES string of the molecule is C=CCCCCc1ccc(C=Nc2ccc(C#N)c(F)c2)cc1. The Balaban J connectivity index is 1.96. The standard InChI is InChI=1S/C20H19FN2/c1-2-3-4-5-6-16-7-9-17(10-8-16)15-23-19-12-11-18(14-22)20(21)13-19/h2,7-13,15H,1,3-6H2. The Morgan fingerprint density at radius 2 is 1.91 bits per heavy atom. The van der Waals surface area contributed by atoms with Crippen LogP contribution in [0.1, 0.15) is 36.0 Å². The zero-order valence-corrected chi connectivity index (χ0v) is 13.0. The number of nitrogens with zero attached hydrogens (tertiary/aromatic N) is 2. The lowest BCUT2D eigenvalue weighted by Crippen LogP contribution is -1.87. The van der Waals surface area contributed by atoms with E-state index in [0.29, 0.717) is 5.69 Å². The molecule has 2 rings (SSSR count). The van der Waals surface area contributed by atoms with Gasteiger partial charge < -0.3 is 0 Å². The summed E-state index contributed by atoms with van der Waals surface area (Å²) < 4.78 is 13.5. The van der Waals surface area contributed by atoms with Gasteiger partial charge in [0.15, 0.2) is 0 Å². The van der Waals surface area contributed by atoms with E-state index in [1.54, 1.807) is 18.4 Å². The number of aliphatic imine (C=N–C) groups is 1. The normalized spacial score (nSPS) is 10.6. The number of hydrogen-bond acceptors (Lipinski definition) is 2. The van der Waals surface area contributed by atoms with Gasteiger partial charge in [-0.15, -0.1) is 6.58 Å². The molecule has 23 heavy (non-hydrogen) atoms. The highest BCUT2D eigenvalue weighted by atomic mass is 19.1. The van der Waals surface area contributed by atoms with Crippen LogP contribution in [0.4, 0.5) is 10.1 Å². The molecule has 0 aliphatic heterocycles. The summed E-state index contributed by atoms with van der Waals surface area (Å²) >= 11 is 0. The van der Waals surface area contributed by atoms with E-state index < -0.39 is 5.82 Å². The average Bonchev–Trinajstić information content (AvgIpc) is 2.58. The van der Waals surface area contributed by atoms with Gasteiger partial charge in [0.25, 0.3) is 0 Å². The lowest BCUT2D eigenvalue weighted by Gasteiger charge is -2.01. The van der Waals surface area contributed by atoms with Gasteiger partial charge in [0.05, 0.1) is 11.3 Å². The molecule has 0 aromatic heterocycles. The number of aryl methyl sites for hydroxylation is 1. The Labute approximate surface area is 136 Å². The molecule has 0 fully saturated rings. The molecule has 0 atom stereocenters. The molecule has 0 aliphatic carbocycles. The highest BCUT2D eigenvalue weighted by molar-refractivity contribution is 5.82. The molecule has 0 unspecified atom stereocenters. The number of unbranched alkanes of at least 4 members (excludes halogenated alkanes) is 2. The van der Waals surface area contributed by atoms with Gasteiger partial charge in [0.1, 0.15) is 11.9 Å². The van der Waals surface area contributed by atoms with Crippen molar-refractivity contribution in [3.05, 3.63) is 77.6 Å². The van der Waals surface area contributed by atoms with Crippen molar-refractivity contribution < 1.29 is 4.39 Å². The highest BCUT2D eigenvalue weighted by Crippen LogP contribution is 2.17. The van der Waals surface area contributed by atoms with Crippen molar-refractivity contribution in [1.29, 1.82) is 5.26 Å². The summed E-state index contributed by atoms with van der Waals surface area (Å²) in [5, 5.41) is 8.70. The molecule has 0 saturated carbocycles. The molecule has 2 aromatic carbocycles. The van der Waals surface area contributed by atoms with Crippen molar-refractivity contribution in [3.63, 3.8) is 0 Å². The van der Waals surface area contributed by atoms with Gasteiger partial charge in [-0.1, -0.05) is 30.3 Å². The molecule has 0 radical (unpaired) electrons. The second-order valence-electron chi connectivity index (χ2n) is 5.31. The summed E-state index contributed by atoms with van der Waals surface area (Å²) in [6, 6.07) is 14.3. The zero-order chi connectivity index (χ0) is 16.5. The summed E-state index contributed by atoms with van der Waals surface area (Å²) in [7, 11) is 0. The van der Waals surface area contributed by atoms with Crippen molar-refractivity contribution in [3.8, 4) is 6.07 Å². The van der Waals surface area contributed by atoms with Gasteiger partial charge >= 0.3 is 0 Å². The van der Waals surface area contributed by atoms with Gasteiger partial charge in [-0.25, -0.2) is 4.39 Å². The van der Waals surface area contributed by atoms with Crippen LogP contribution in [0.25, 0.3) is 0 Å². The molecule has 0 heterocycles. The fourth-order valence-corrected chi connectivity index (χ4v) is 2.21. The van der Waals surface area contributed by atoms with E-state index in [0.717, 1.165) is 31.2 Å². The molecule has 2 aromatic rings. The van der Waals surface area contributed by atoms with Crippen LogP contribution >= 0.6 is 0 Å².